The predicted octanol–water partition coefficient (Wildman–Crippen LogP) is 1.33. The van der Waals surface area contributed by atoms with Crippen LogP contribution in [0.4, 0.5) is 5.69 Å². The van der Waals surface area contributed by atoms with Crippen LogP contribution in [0.1, 0.15) is 0 Å². The summed E-state index contributed by atoms with van der Waals surface area (Å²) in [4.78, 5) is 0. The Morgan fingerprint density at radius 1 is 1.44 bits per heavy atom. The lowest BCUT2D eigenvalue weighted by atomic mass is 10.2. The number of rotatable bonds is 5. The van der Waals surface area contributed by atoms with Gasteiger partial charge in [0.1, 0.15) is 6.33 Å². The number of anilines is 1. The Morgan fingerprint density at radius 2 is 2.28 bits per heavy atom. The average Bonchev–Trinajstić information content (AvgIpc) is 2.91. The van der Waals surface area contributed by atoms with Crippen LogP contribution in [-0.2, 0) is 0 Å². The predicted molar refractivity (Wildman–Crippen MR) is 69.4 cm³/mol. The number of aliphatic hydroxyl groups is 1. The molecule has 2 aromatic rings. The van der Waals surface area contributed by atoms with Crippen LogP contribution in [0, 0.1) is 0 Å². The van der Waals surface area contributed by atoms with Crippen molar-refractivity contribution in [3.8, 4) is 5.69 Å². The Balaban J connectivity index is 2.17. The zero-order valence-corrected chi connectivity index (χ0v) is 10.8. The van der Waals surface area contributed by atoms with Crippen molar-refractivity contribution in [2.75, 3.05) is 17.7 Å². The van der Waals surface area contributed by atoms with Gasteiger partial charge in [-0.2, -0.15) is 0 Å². The monoisotopic (exact) mass is 287 g/mol. The number of nitrogens with one attached hydrogen (secondary N) is 1. The third-order valence-corrected chi connectivity index (χ3v) is 2.96. The van der Waals surface area contributed by atoms with Crippen molar-refractivity contribution in [1.29, 1.82) is 0 Å². The first-order valence-electron chi connectivity index (χ1n) is 5.21. The number of aromatic nitrogens is 4. The van der Waals surface area contributed by atoms with Crippen LogP contribution < -0.4 is 5.32 Å². The van der Waals surface area contributed by atoms with Crippen molar-refractivity contribution in [3.05, 3.63) is 29.5 Å². The van der Waals surface area contributed by atoms with Crippen molar-refractivity contribution in [2.45, 2.75) is 6.10 Å². The second kappa shape index (κ2) is 5.99. The van der Waals surface area contributed by atoms with Gasteiger partial charge in [0.05, 0.1) is 28.4 Å². The molecule has 1 aromatic heterocycles. The maximum Gasteiger partial charge on any atom is 0.143 e. The largest absolute Gasteiger partial charge is 0.390 e. The summed E-state index contributed by atoms with van der Waals surface area (Å²) in [6, 6.07) is 5.31. The fourth-order valence-corrected chi connectivity index (χ4v) is 1.65. The average molecular weight is 288 g/mol. The van der Waals surface area contributed by atoms with E-state index in [0.717, 1.165) is 5.69 Å². The molecule has 1 atom stereocenters. The highest BCUT2D eigenvalue weighted by atomic mass is 35.5. The molecule has 96 valence electrons. The molecule has 0 aliphatic heterocycles. The van der Waals surface area contributed by atoms with Crippen LogP contribution in [-0.4, -0.2) is 43.8 Å². The lowest BCUT2D eigenvalue weighted by Crippen LogP contribution is -2.21. The van der Waals surface area contributed by atoms with Crippen molar-refractivity contribution < 1.29 is 5.11 Å². The molecule has 2 N–H and O–H groups in total. The molecule has 0 aliphatic carbocycles. The van der Waals surface area contributed by atoms with Crippen LogP contribution >= 0.6 is 23.2 Å². The molecule has 8 heteroatoms. The molecular weight excluding hydrogens is 277 g/mol. The van der Waals surface area contributed by atoms with Gasteiger partial charge in [-0.05, 0) is 28.6 Å². The molecule has 1 heterocycles. The second-order valence-corrected chi connectivity index (χ2v) is 4.32. The summed E-state index contributed by atoms with van der Waals surface area (Å²) in [6.45, 7) is 0.322. The molecule has 6 nitrogen and oxygen atoms in total. The van der Waals surface area contributed by atoms with Crippen molar-refractivity contribution in [3.63, 3.8) is 0 Å². The van der Waals surface area contributed by atoms with Crippen molar-refractivity contribution >= 4 is 28.9 Å². The Morgan fingerprint density at radius 3 is 2.94 bits per heavy atom. The normalized spacial score (nSPS) is 12.4. The summed E-state index contributed by atoms with van der Waals surface area (Å²) >= 11 is 11.6. The molecule has 0 amide bonds. The first-order chi connectivity index (χ1) is 8.70. The quantitative estimate of drug-likeness (QED) is 0.812. The number of nitrogens with zero attached hydrogens (tertiary/aromatic N) is 4. The smallest absolute Gasteiger partial charge is 0.143 e. The van der Waals surface area contributed by atoms with Gasteiger partial charge in [0, 0.05) is 6.54 Å². The van der Waals surface area contributed by atoms with Crippen molar-refractivity contribution in [1.82, 2.24) is 20.2 Å². The molecule has 1 unspecified atom stereocenters. The van der Waals surface area contributed by atoms with E-state index in [9.17, 15) is 5.11 Å². The number of hydrogen-bond donors (Lipinski definition) is 2. The molecule has 0 saturated heterocycles. The van der Waals surface area contributed by atoms with Gasteiger partial charge < -0.3 is 10.4 Å². The summed E-state index contributed by atoms with van der Waals surface area (Å²) in [6.07, 6.45) is 0.861. The fraction of sp³-hybridized carbons (Fsp3) is 0.300. The van der Waals surface area contributed by atoms with E-state index in [1.807, 2.05) is 0 Å². The molecule has 0 aliphatic rings. The minimum Gasteiger partial charge on any atom is -0.390 e. The maximum atomic E-state index is 9.39. The Hall–Kier alpha value is -1.37. The van der Waals surface area contributed by atoms with Gasteiger partial charge in [-0.25, -0.2) is 4.68 Å². The molecule has 0 bridgehead atoms. The van der Waals surface area contributed by atoms with Gasteiger partial charge in [-0.15, -0.1) is 16.7 Å². The Bertz CT molecular complexity index is 505. The number of halogens is 2. The number of alkyl halides is 1. The van der Waals surface area contributed by atoms with Gasteiger partial charge >= 0.3 is 0 Å². The summed E-state index contributed by atoms with van der Waals surface area (Å²) in [5.41, 5.74) is 1.46. The number of aliphatic hydroxyl groups excluding tert-OH is 1. The Labute approximate surface area is 114 Å². The van der Waals surface area contributed by atoms with Gasteiger partial charge in [0.15, 0.2) is 0 Å². The van der Waals surface area contributed by atoms with E-state index >= 15 is 0 Å². The van der Waals surface area contributed by atoms with Crippen molar-refractivity contribution in [2.24, 2.45) is 0 Å². The van der Waals surface area contributed by atoms with Gasteiger partial charge in [-0.1, -0.05) is 11.6 Å². The van der Waals surface area contributed by atoms with Crippen LogP contribution in [0.15, 0.2) is 24.5 Å². The van der Waals surface area contributed by atoms with Gasteiger partial charge in [0.25, 0.3) is 0 Å². The highest BCUT2D eigenvalue weighted by molar-refractivity contribution is 6.33. The summed E-state index contributed by atoms with van der Waals surface area (Å²) in [5.74, 6) is 0.164. The first-order valence-corrected chi connectivity index (χ1v) is 6.13. The van der Waals surface area contributed by atoms with Crippen LogP contribution in [0.2, 0.25) is 5.02 Å². The number of hydrogen-bond acceptors (Lipinski definition) is 5. The minimum atomic E-state index is -0.626. The molecule has 18 heavy (non-hydrogen) atoms. The summed E-state index contributed by atoms with van der Waals surface area (Å²) < 4.78 is 1.51. The zero-order valence-electron chi connectivity index (χ0n) is 9.29. The highest BCUT2D eigenvalue weighted by Gasteiger charge is 2.07. The molecule has 0 fully saturated rings. The molecule has 1 aromatic carbocycles. The van der Waals surface area contributed by atoms with E-state index in [-0.39, 0.29) is 5.88 Å². The lowest BCUT2D eigenvalue weighted by molar-refractivity contribution is 0.211. The topological polar surface area (TPSA) is 75.9 Å². The minimum absolute atomic E-state index is 0.164. The molecule has 0 radical (unpaired) electrons. The van der Waals surface area contributed by atoms with Gasteiger partial charge in [0.2, 0.25) is 0 Å². The van der Waals surface area contributed by atoms with E-state index in [1.165, 1.54) is 11.0 Å². The van der Waals surface area contributed by atoms with E-state index in [2.05, 4.69) is 20.8 Å². The maximum absolute atomic E-state index is 9.39. The standard InChI is InChI=1S/C10H11Cl2N5O/c11-4-8(18)5-13-10-3-7(1-2-9(10)12)17-6-14-15-16-17/h1-3,6,8,13,18H,4-5H2. The first kappa shape index (κ1) is 13.1. The Kier molecular flexibility index (Phi) is 4.35. The van der Waals surface area contributed by atoms with E-state index in [4.69, 9.17) is 23.2 Å². The van der Waals surface area contributed by atoms with Gasteiger partial charge in [-0.3, -0.25) is 0 Å². The molecule has 0 saturated carbocycles. The van der Waals surface area contributed by atoms with Crippen LogP contribution in [0.25, 0.3) is 5.69 Å². The van der Waals surface area contributed by atoms with E-state index in [0.29, 0.717) is 17.3 Å². The highest BCUT2D eigenvalue weighted by Crippen LogP contribution is 2.24. The third kappa shape index (κ3) is 3.10. The van der Waals surface area contributed by atoms with Crippen LogP contribution in [0.5, 0.6) is 0 Å². The molecular formula is C10H11Cl2N5O. The lowest BCUT2D eigenvalue weighted by Gasteiger charge is -2.12. The third-order valence-electron chi connectivity index (χ3n) is 2.27. The zero-order chi connectivity index (χ0) is 13.0. The summed E-state index contributed by atoms with van der Waals surface area (Å²) in [7, 11) is 0. The number of benzene rings is 1. The number of tetrazole rings is 1. The second-order valence-electron chi connectivity index (χ2n) is 3.61. The van der Waals surface area contributed by atoms with E-state index < -0.39 is 6.10 Å². The molecule has 2 rings (SSSR count). The van der Waals surface area contributed by atoms with Crippen LogP contribution in [0.3, 0.4) is 0 Å². The van der Waals surface area contributed by atoms with E-state index in [1.54, 1.807) is 18.2 Å². The fourth-order valence-electron chi connectivity index (χ4n) is 1.35. The SMILES string of the molecule is OC(CCl)CNc1cc(-n2cnnn2)ccc1Cl. The summed E-state index contributed by atoms with van der Waals surface area (Å²) in [5, 5.41) is 23.9. The molecule has 0 spiro atoms.